The summed E-state index contributed by atoms with van der Waals surface area (Å²) >= 11 is 0. The number of H-pyrrole nitrogens is 4. The Morgan fingerprint density at radius 3 is 0.750 bits per heavy atom. The number of ether oxygens (including phenoxy) is 4. The zero-order valence-electron chi connectivity index (χ0n) is 46.9. The minimum atomic E-state index is -1.32. The summed E-state index contributed by atoms with van der Waals surface area (Å²) in [5, 5.41) is 23.0. The first-order chi connectivity index (χ1) is 36.2. The molecule has 76 heavy (non-hydrogen) atoms. The molecule has 1 aliphatic heterocycles. The van der Waals surface area contributed by atoms with Gasteiger partial charge in [0.2, 0.25) is 0 Å². The highest BCUT2D eigenvalue weighted by Gasteiger charge is 2.24. The molecule has 0 radical (unpaired) electrons. The Hall–Kier alpha value is -5.85. The molecular weight excluding hydrogens is 1020 g/mol. The topological polar surface area (TPSA) is 171 Å². The summed E-state index contributed by atoms with van der Waals surface area (Å²) in [5.74, 6) is 0. The highest BCUT2D eigenvalue weighted by atomic mass is 28.3. The van der Waals surface area contributed by atoms with Crippen LogP contribution in [0.4, 0.5) is 0 Å². The van der Waals surface area contributed by atoms with Gasteiger partial charge >= 0.3 is 0 Å². The fraction of sp³-hybridized carbons (Fsp3) is 0.429. The number of nitrogens with zero attached hydrogens (tertiary/aromatic N) is 8. The normalized spacial score (nSPS) is 13.7. The van der Waals surface area contributed by atoms with E-state index >= 15 is 0 Å². The molecule has 8 aromatic heterocycles. The minimum absolute atomic E-state index is 0.318. The molecule has 4 N–H and O–H groups in total. The molecule has 1 aliphatic rings. The van der Waals surface area contributed by atoms with Crippen LogP contribution in [0, 0.1) is 0 Å². The summed E-state index contributed by atoms with van der Waals surface area (Å²) in [4.78, 5) is 15.7. The van der Waals surface area contributed by atoms with Crippen LogP contribution in [0.2, 0.25) is 103 Å². The molecule has 0 unspecified atom stereocenters. The number of hydrogen-bond donors (Lipinski definition) is 4. The fourth-order valence-corrected chi connectivity index (χ4v) is 12.2. The van der Waals surface area contributed by atoms with Gasteiger partial charge in [-0.3, -0.25) is 0 Å². The second-order valence-corrected chi connectivity index (χ2v) is 47.4. The molecule has 20 heteroatoms. The number of fused-ring (bicyclic) bond motifs is 8. The summed E-state index contributed by atoms with van der Waals surface area (Å²) in [5.41, 5.74) is 11.0. The third-order valence-electron chi connectivity index (χ3n) is 13.6. The molecule has 0 spiro atoms. The Labute approximate surface area is 451 Å². The molecule has 0 saturated carbocycles. The molecule has 0 amide bonds. The number of aromatic nitrogens is 12. The first kappa shape index (κ1) is 54.9. The molecule has 0 aliphatic carbocycles. The predicted molar refractivity (Wildman–Crippen MR) is 313 cm³/mol. The van der Waals surface area contributed by atoms with Gasteiger partial charge in [0.1, 0.15) is 26.9 Å². The lowest BCUT2D eigenvalue weighted by atomic mass is 10.1. The maximum Gasteiger partial charge on any atom is 0.139 e. The van der Waals surface area contributed by atoms with E-state index in [1.54, 1.807) is 0 Å². The van der Waals surface area contributed by atoms with E-state index < -0.39 is 32.3 Å². The summed E-state index contributed by atoms with van der Waals surface area (Å²) in [6, 6.07) is 29.8. The molecule has 16 nitrogen and oxygen atoms in total. The smallest absolute Gasteiger partial charge is 0.139 e. The van der Waals surface area contributed by atoms with E-state index in [0.29, 0.717) is 53.4 Å². The van der Waals surface area contributed by atoms with Crippen molar-refractivity contribution in [2.75, 3.05) is 26.4 Å². The molecular formula is C56H80N12O4Si4. The van der Waals surface area contributed by atoms with E-state index in [1.807, 2.05) is 43.5 Å². The van der Waals surface area contributed by atoms with Crippen LogP contribution in [-0.2, 0) is 45.9 Å². The van der Waals surface area contributed by atoms with Crippen molar-refractivity contribution in [2.45, 2.75) is 130 Å². The maximum absolute atomic E-state index is 6.37. The van der Waals surface area contributed by atoms with Crippen molar-refractivity contribution in [3.63, 3.8) is 0 Å². The first-order valence-corrected chi connectivity index (χ1v) is 41.7. The lowest BCUT2D eigenvalue weighted by Gasteiger charge is -2.16. The van der Waals surface area contributed by atoms with Gasteiger partial charge in [0.25, 0.3) is 0 Å². The van der Waals surface area contributed by atoms with Crippen LogP contribution in [0.1, 0.15) is 45.6 Å². The Kier molecular flexibility index (Phi) is 16.6. The van der Waals surface area contributed by atoms with Gasteiger partial charge in [-0.15, -0.1) is 0 Å². The van der Waals surface area contributed by atoms with Crippen molar-refractivity contribution >= 4 is 54.6 Å². The van der Waals surface area contributed by atoms with Gasteiger partial charge in [0.15, 0.2) is 0 Å². The molecule has 0 saturated heterocycles. The van der Waals surface area contributed by atoms with E-state index in [2.05, 4.69) is 171 Å². The summed E-state index contributed by atoms with van der Waals surface area (Å²) in [6.45, 7) is 32.4. The Balaban J connectivity index is 1.28. The van der Waals surface area contributed by atoms with E-state index in [-0.39, 0.29) is 0 Å². The maximum atomic E-state index is 6.37. The number of aromatic amines is 4. The SMILES string of the molecule is C[Si](C)(C)CCOCn1nccc1C1=c2ccc([nH]2)=C(c2ccnn2COCC[Si](C)(C)C)c2ccc([nH]2)C(c2ccnn2COCC[Si](C)(C)C)=c2ccc([nH]2)=C(c2ccnn2COCC[Si](C)(C)C)c2ccc1[nH]2. The van der Waals surface area contributed by atoms with Crippen LogP contribution in [-0.4, -0.2) is 118 Å². The number of hydrogen-bond acceptors (Lipinski definition) is 8. The fourth-order valence-electron chi connectivity index (χ4n) is 9.14. The average Bonchev–Trinajstić information content (AvgIpc) is 4.20. The zero-order valence-corrected chi connectivity index (χ0v) is 50.9. The highest BCUT2D eigenvalue weighted by Crippen LogP contribution is 2.29. The van der Waals surface area contributed by atoms with Gasteiger partial charge in [-0.05, 0) is 97.0 Å². The van der Waals surface area contributed by atoms with Gasteiger partial charge < -0.3 is 38.9 Å². The Morgan fingerprint density at radius 1 is 0.316 bits per heavy atom. The van der Waals surface area contributed by atoms with Gasteiger partial charge in [-0.2, -0.15) is 20.4 Å². The Morgan fingerprint density at radius 2 is 0.539 bits per heavy atom. The van der Waals surface area contributed by atoms with Crippen molar-refractivity contribution in [3.8, 4) is 0 Å². The minimum Gasteiger partial charge on any atom is -0.360 e. The summed E-state index contributed by atoms with van der Waals surface area (Å²) in [7, 11) is -5.27. The van der Waals surface area contributed by atoms with Crippen molar-refractivity contribution in [1.82, 2.24) is 59.1 Å². The van der Waals surface area contributed by atoms with E-state index in [0.717, 1.165) is 113 Å². The van der Waals surface area contributed by atoms with Crippen molar-refractivity contribution < 1.29 is 18.9 Å². The number of nitrogens with one attached hydrogen (secondary N) is 4. The van der Waals surface area contributed by atoms with Crippen LogP contribution >= 0.6 is 0 Å². The van der Waals surface area contributed by atoms with Gasteiger partial charge in [-0.25, -0.2) is 18.7 Å². The summed E-state index contributed by atoms with van der Waals surface area (Å²) in [6.07, 6.45) is 7.42. The number of rotatable bonds is 24. The zero-order chi connectivity index (χ0) is 53.8. The van der Waals surface area contributed by atoms with Crippen LogP contribution < -0.4 is 21.4 Å². The van der Waals surface area contributed by atoms with E-state index in [4.69, 9.17) is 39.3 Å². The Bertz CT molecular complexity index is 3040. The third-order valence-corrected chi connectivity index (χ3v) is 20.4. The van der Waals surface area contributed by atoms with Crippen molar-refractivity contribution in [3.05, 3.63) is 165 Å². The van der Waals surface area contributed by atoms with Crippen molar-refractivity contribution in [2.24, 2.45) is 0 Å². The van der Waals surface area contributed by atoms with Gasteiger partial charge in [-0.1, -0.05) is 78.6 Å². The lowest BCUT2D eigenvalue weighted by Crippen LogP contribution is -2.23. The molecule has 404 valence electrons. The second kappa shape index (κ2) is 23.0. The van der Waals surface area contributed by atoms with Crippen LogP contribution in [0.5, 0.6) is 0 Å². The van der Waals surface area contributed by atoms with Crippen LogP contribution in [0.25, 0.3) is 22.3 Å². The largest absolute Gasteiger partial charge is 0.360 e. The summed E-state index contributed by atoms with van der Waals surface area (Å²) < 4.78 is 33.3. The quantitative estimate of drug-likeness (QED) is 0.0346. The first-order valence-electron chi connectivity index (χ1n) is 26.8. The van der Waals surface area contributed by atoms with Crippen LogP contribution in [0.15, 0.2) is 97.6 Å². The highest BCUT2D eigenvalue weighted by molar-refractivity contribution is 6.77. The van der Waals surface area contributed by atoms with Gasteiger partial charge in [0.05, 0.1) is 66.9 Å². The molecule has 0 atom stereocenters. The monoisotopic (exact) mass is 1100 g/mol. The van der Waals surface area contributed by atoms with E-state index in [9.17, 15) is 0 Å². The van der Waals surface area contributed by atoms with Crippen molar-refractivity contribution in [1.29, 1.82) is 0 Å². The average molecular weight is 1100 g/mol. The van der Waals surface area contributed by atoms with Gasteiger partial charge in [0, 0.05) is 106 Å². The standard InChI is InChI=1S/C56H80N12O4Si4/c1-73(2,3)33-29-69-37-65-49(21-25-57-65)53-41-13-15-43(61-41)54(50-22-26-58-66(50)38-70-30-34-74(4,5)6)45-17-19-47(63-45)56(52-24-28-60-68(52)40-72-32-36-76(10,11)12)48-20-18-46(64-48)55(44-16-14-42(53)62-44)51-23-27-59-67(51)39-71-31-35-75(7,8)9/h13-28,61-64H,29-40H2,1-12H3. The molecule has 8 bridgehead atoms. The second-order valence-electron chi connectivity index (χ2n) is 24.9. The molecule has 9 heterocycles. The lowest BCUT2D eigenvalue weighted by molar-refractivity contribution is 0.0779. The third kappa shape index (κ3) is 13.6. The molecule has 0 fully saturated rings. The molecule has 9 rings (SSSR count). The molecule has 8 aromatic rings. The van der Waals surface area contributed by atoms with Crippen LogP contribution in [0.3, 0.4) is 0 Å². The van der Waals surface area contributed by atoms with E-state index in [1.165, 1.54) is 0 Å². The predicted octanol–water partition coefficient (Wildman–Crippen LogP) is 8.34. The molecule has 0 aromatic carbocycles.